The number of benzene rings is 1. The van der Waals surface area contributed by atoms with E-state index in [1.807, 2.05) is 13.0 Å². The van der Waals surface area contributed by atoms with Crippen molar-refractivity contribution in [2.24, 2.45) is 0 Å². The maximum Gasteiger partial charge on any atom is 0.348 e. The number of thiophene rings is 1. The summed E-state index contributed by atoms with van der Waals surface area (Å²) in [5.74, 6) is 0.116. The van der Waals surface area contributed by atoms with E-state index in [-0.39, 0.29) is 6.61 Å². The first kappa shape index (κ1) is 16.8. The number of esters is 1. The van der Waals surface area contributed by atoms with Crippen LogP contribution < -0.4 is 14.8 Å². The molecule has 2 aromatic rings. The topological polar surface area (TPSA) is 73.9 Å². The second kappa shape index (κ2) is 7.64. The molecular formula is C16H17NO5S. The zero-order valence-corrected chi connectivity index (χ0v) is 13.9. The fourth-order valence-electron chi connectivity index (χ4n) is 1.86. The van der Waals surface area contributed by atoms with Crippen molar-refractivity contribution >= 4 is 28.9 Å². The number of ether oxygens (including phenoxy) is 3. The Balaban J connectivity index is 1.91. The molecule has 23 heavy (non-hydrogen) atoms. The molecule has 0 saturated heterocycles. The molecule has 0 bridgehead atoms. The molecule has 0 unspecified atom stereocenters. The second-order valence-electron chi connectivity index (χ2n) is 4.60. The van der Waals surface area contributed by atoms with Gasteiger partial charge in [0, 0.05) is 16.6 Å². The van der Waals surface area contributed by atoms with E-state index in [1.165, 1.54) is 25.6 Å². The number of aryl methyl sites for hydroxylation is 1. The number of rotatable bonds is 6. The summed E-state index contributed by atoms with van der Waals surface area (Å²) in [5.41, 5.74) is 0.524. The summed E-state index contributed by atoms with van der Waals surface area (Å²) >= 11 is 1.32. The first-order valence-corrected chi connectivity index (χ1v) is 7.60. The quantitative estimate of drug-likeness (QED) is 0.822. The van der Waals surface area contributed by atoms with E-state index < -0.39 is 11.9 Å². The molecule has 7 heteroatoms. The maximum atomic E-state index is 11.9. The Hall–Kier alpha value is -2.54. The Kier molecular flexibility index (Phi) is 5.59. The van der Waals surface area contributed by atoms with Crippen LogP contribution in [0.25, 0.3) is 0 Å². The van der Waals surface area contributed by atoms with Crippen molar-refractivity contribution in [3.63, 3.8) is 0 Å². The molecule has 122 valence electrons. The smallest absolute Gasteiger partial charge is 0.348 e. The Morgan fingerprint density at radius 1 is 1.09 bits per heavy atom. The van der Waals surface area contributed by atoms with E-state index in [9.17, 15) is 9.59 Å². The number of carbonyl (C=O) groups is 2. The van der Waals surface area contributed by atoms with Crippen molar-refractivity contribution in [3.8, 4) is 11.5 Å². The minimum Gasteiger partial charge on any atom is -0.493 e. The predicted molar refractivity (Wildman–Crippen MR) is 87.5 cm³/mol. The van der Waals surface area contributed by atoms with Crippen LogP contribution in [-0.4, -0.2) is 32.7 Å². The minimum absolute atomic E-state index is 0.357. The van der Waals surface area contributed by atoms with Crippen molar-refractivity contribution in [3.05, 3.63) is 40.1 Å². The Labute approximate surface area is 138 Å². The van der Waals surface area contributed by atoms with Gasteiger partial charge in [0.05, 0.1) is 14.2 Å². The fraction of sp³-hybridized carbons (Fsp3) is 0.250. The highest BCUT2D eigenvalue weighted by atomic mass is 32.1. The van der Waals surface area contributed by atoms with Gasteiger partial charge in [0.1, 0.15) is 4.88 Å². The van der Waals surface area contributed by atoms with Crippen molar-refractivity contribution in [2.45, 2.75) is 6.92 Å². The Morgan fingerprint density at radius 2 is 1.83 bits per heavy atom. The van der Waals surface area contributed by atoms with Crippen molar-refractivity contribution in [2.75, 3.05) is 26.1 Å². The molecule has 0 fully saturated rings. The summed E-state index contributed by atoms with van der Waals surface area (Å²) < 4.78 is 15.3. The number of hydrogen-bond acceptors (Lipinski definition) is 6. The lowest BCUT2D eigenvalue weighted by Crippen LogP contribution is -2.20. The van der Waals surface area contributed by atoms with Gasteiger partial charge in [-0.15, -0.1) is 11.3 Å². The van der Waals surface area contributed by atoms with Crippen LogP contribution in [0, 0.1) is 6.92 Å². The molecule has 2 rings (SSSR count). The monoisotopic (exact) mass is 335 g/mol. The largest absolute Gasteiger partial charge is 0.493 e. The highest BCUT2D eigenvalue weighted by Crippen LogP contribution is 2.29. The van der Waals surface area contributed by atoms with Crippen LogP contribution in [0.2, 0.25) is 0 Å². The molecule has 0 saturated carbocycles. The normalized spacial score (nSPS) is 10.0. The van der Waals surface area contributed by atoms with Crippen LogP contribution >= 0.6 is 11.3 Å². The van der Waals surface area contributed by atoms with Gasteiger partial charge in [-0.05, 0) is 31.2 Å². The van der Waals surface area contributed by atoms with E-state index in [1.54, 1.807) is 24.3 Å². The second-order valence-corrected chi connectivity index (χ2v) is 5.89. The average molecular weight is 335 g/mol. The van der Waals surface area contributed by atoms with Gasteiger partial charge < -0.3 is 19.5 Å². The van der Waals surface area contributed by atoms with E-state index in [4.69, 9.17) is 14.2 Å². The first-order valence-electron chi connectivity index (χ1n) is 6.79. The van der Waals surface area contributed by atoms with Crippen molar-refractivity contribution in [1.82, 2.24) is 0 Å². The SMILES string of the molecule is COc1ccc(NC(=O)COC(=O)c2ccc(C)s2)cc1OC. The van der Waals surface area contributed by atoms with Gasteiger partial charge in [-0.1, -0.05) is 0 Å². The lowest BCUT2D eigenvalue weighted by atomic mass is 10.2. The summed E-state index contributed by atoms with van der Waals surface area (Å²) in [4.78, 5) is 25.1. The molecule has 6 nitrogen and oxygen atoms in total. The third-order valence-corrected chi connectivity index (χ3v) is 3.92. The molecule has 1 aromatic carbocycles. The van der Waals surface area contributed by atoms with Crippen LogP contribution in [0.5, 0.6) is 11.5 Å². The Morgan fingerprint density at radius 3 is 2.43 bits per heavy atom. The highest BCUT2D eigenvalue weighted by molar-refractivity contribution is 7.13. The summed E-state index contributed by atoms with van der Waals surface area (Å²) in [7, 11) is 3.04. The van der Waals surface area contributed by atoms with Gasteiger partial charge in [0.2, 0.25) is 0 Å². The molecule has 1 aromatic heterocycles. The molecule has 1 amide bonds. The number of nitrogens with one attached hydrogen (secondary N) is 1. The number of methoxy groups -OCH3 is 2. The summed E-state index contributed by atoms with van der Waals surface area (Å²) in [5, 5.41) is 2.63. The number of carbonyl (C=O) groups excluding carboxylic acids is 2. The van der Waals surface area contributed by atoms with Crippen LogP contribution in [0.3, 0.4) is 0 Å². The third-order valence-electron chi connectivity index (χ3n) is 2.94. The number of amides is 1. The average Bonchev–Trinajstić information content (AvgIpc) is 2.99. The number of hydrogen-bond donors (Lipinski definition) is 1. The standard InChI is InChI=1S/C16H17NO5S/c1-10-4-7-14(23-10)16(19)22-9-15(18)17-11-5-6-12(20-2)13(8-11)21-3/h4-8H,9H2,1-3H3,(H,17,18). The summed E-state index contributed by atoms with van der Waals surface area (Å²) in [6, 6.07) is 8.47. The van der Waals surface area contributed by atoms with Crippen molar-refractivity contribution in [1.29, 1.82) is 0 Å². The van der Waals surface area contributed by atoms with Gasteiger partial charge in [0.15, 0.2) is 18.1 Å². The van der Waals surface area contributed by atoms with Gasteiger partial charge in [0.25, 0.3) is 5.91 Å². The van der Waals surface area contributed by atoms with Gasteiger partial charge in [-0.25, -0.2) is 4.79 Å². The van der Waals surface area contributed by atoms with E-state index >= 15 is 0 Å². The molecule has 1 heterocycles. The summed E-state index contributed by atoms with van der Waals surface area (Å²) in [6.07, 6.45) is 0. The molecule has 0 spiro atoms. The first-order chi connectivity index (χ1) is 11.0. The highest BCUT2D eigenvalue weighted by Gasteiger charge is 2.13. The molecule has 0 aliphatic rings. The van der Waals surface area contributed by atoms with Gasteiger partial charge in [-0.3, -0.25) is 4.79 Å². The van der Waals surface area contributed by atoms with Crippen LogP contribution in [-0.2, 0) is 9.53 Å². The van der Waals surface area contributed by atoms with Crippen LogP contribution in [0.1, 0.15) is 14.5 Å². The third kappa shape index (κ3) is 4.46. The minimum atomic E-state index is -0.509. The maximum absolute atomic E-state index is 11.9. The van der Waals surface area contributed by atoms with Crippen LogP contribution in [0.4, 0.5) is 5.69 Å². The zero-order chi connectivity index (χ0) is 16.8. The molecule has 0 aliphatic heterocycles. The van der Waals surface area contributed by atoms with E-state index in [0.29, 0.717) is 22.1 Å². The molecular weight excluding hydrogens is 318 g/mol. The summed E-state index contributed by atoms with van der Waals surface area (Å²) in [6.45, 7) is 1.54. The predicted octanol–water partition coefficient (Wildman–Crippen LogP) is 2.87. The van der Waals surface area contributed by atoms with Crippen LogP contribution in [0.15, 0.2) is 30.3 Å². The molecule has 1 N–H and O–H groups in total. The molecule has 0 aliphatic carbocycles. The van der Waals surface area contributed by atoms with Gasteiger partial charge in [-0.2, -0.15) is 0 Å². The fourth-order valence-corrected chi connectivity index (χ4v) is 2.62. The van der Waals surface area contributed by atoms with E-state index in [2.05, 4.69) is 5.32 Å². The lowest BCUT2D eigenvalue weighted by molar-refractivity contribution is -0.119. The lowest BCUT2D eigenvalue weighted by Gasteiger charge is -2.10. The van der Waals surface area contributed by atoms with Gasteiger partial charge >= 0.3 is 5.97 Å². The van der Waals surface area contributed by atoms with Crippen molar-refractivity contribution < 1.29 is 23.8 Å². The Bertz CT molecular complexity index is 710. The van der Waals surface area contributed by atoms with E-state index in [0.717, 1.165) is 4.88 Å². The number of anilines is 1. The molecule has 0 atom stereocenters. The molecule has 0 radical (unpaired) electrons. The zero-order valence-electron chi connectivity index (χ0n) is 13.0.